The molecule has 84 valence electrons. The lowest BCUT2D eigenvalue weighted by Gasteiger charge is -2.18. The number of alkyl halides is 1. The largest absolute Gasteiger partial charge is 0.301 e. The predicted octanol–water partition coefficient (Wildman–Crippen LogP) is 3.65. The van der Waals surface area contributed by atoms with Crippen LogP contribution in [-0.4, -0.2) is 23.9 Å². The minimum absolute atomic E-state index is 0.120. The summed E-state index contributed by atoms with van der Waals surface area (Å²) in [6.45, 7) is 3.53. The van der Waals surface area contributed by atoms with Crippen molar-refractivity contribution in [2.75, 3.05) is 13.6 Å². The minimum atomic E-state index is -0.223. The van der Waals surface area contributed by atoms with Crippen molar-refractivity contribution in [3.05, 3.63) is 34.1 Å². The molecule has 0 aromatic heterocycles. The monoisotopic (exact) mass is 293 g/mol. The van der Waals surface area contributed by atoms with Gasteiger partial charge in [0.25, 0.3) is 0 Å². The van der Waals surface area contributed by atoms with Gasteiger partial charge in [-0.3, -0.25) is 0 Å². The van der Waals surface area contributed by atoms with Gasteiger partial charge in [-0.15, -0.1) is 11.6 Å². The van der Waals surface area contributed by atoms with E-state index in [4.69, 9.17) is 11.6 Å². The van der Waals surface area contributed by atoms with Crippen LogP contribution in [0.15, 0.2) is 22.7 Å². The minimum Gasteiger partial charge on any atom is -0.301 e. The maximum Gasteiger partial charge on any atom is 0.124 e. The van der Waals surface area contributed by atoms with Crippen LogP contribution in [0, 0.1) is 5.82 Å². The molecule has 1 aromatic rings. The third kappa shape index (κ3) is 4.49. The van der Waals surface area contributed by atoms with Crippen molar-refractivity contribution >= 4 is 27.5 Å². The average molecular weight is 295 g/mol. The van der Waals surface area contributed by atoms with Crippen molar-refractivity contribution < 1.29 is 4.39 Å². The maximum atomic E-state index is 12.8. The highest BCUT2D eigenvalue weighted by molar-refractivity contribution is 9.10. The molecule has 1 atom stereocenters. The third-order valence-corrected chi connectivity index (χ3v) is 2.89. The second-order valence-corrected chi connectivity index (χ2v) is 5.31. The third-order valence-electron chi connectivity index (χ3n) is 2.02. The number of hydrogen-bond donors (Lipinski definition) is 0. The van der Waals surface area contributed by atoms with Crippen molar-refractivity contribution in [2.45, 2.75) is 18.8 Å². The molecule has 0 aliphatic heterocycles. The number of rotatable bonds is 4. The van der Waals surface area contributed by atoms with E-state index in [0.717, 1.165) is 23.1 Å². The van der Waals surface area contributed by atoms with Crippen LogP contribution >= 0.6 is 27.5 Å². The molecular weight excluding hydrogens is 280 g/mol. The van der Waals surface area contributed by atoms with Gasteiger partial charge in [0.15, 0.2) is 0 Å². The Kier molecular flexibility index (Phi) is 5.03. The topological polar surface area (TPSA) is 3.24 Å². The lowest BCUT2D eigenvalue weighted by molar-refractivity contribution is 0.329. The van der Waals surface area contributed by atoms with Gasteiger partial charge in [-0.25, -0.2) is 4.39 Å². The standard InChI is InChI=1S/C11H14BrClFN/c1-8(13)6-15(2)7-9-3-4-10(14)5-11(9)12/h3-5,8H,6-7H2,1-2H3. The van der Waals surface area contributed by atoms with Crippen molar-refractivity contribution in [1.29, 1.82) is 0 Å². The smallest absolute Gasteiger partial charge is 0.124 e. The van der Waals surface area contributed by atoms with Gasteiger partial charge in [0.1, 0.15) is 5.82 Å². The fraction of sp³-hybridized carbons (Fsp3) is 0.455. The summed E-state index contributed by atoms with van der Waals surface area (Å²) >= 11 is 9.23. The molecule has 1 aromatic carbocycles. The van der Waals surface area contributed by atoms with E-state index < -0.39 is 0 Å². The molecule has 0 bridgehead atoms. The van der Waals surface area contributed by atoms with E-state index in [9.17, 15) is 4.39 Å². The van der Waals surface area contributed by atoms with E-state index in [-0.39, 0.29) is 11.2 Å². The van der Waals surface area contributed by atoms with Gasteiger partial charge in [-0.05, 0) is 31.7 Å². The Balaban J connectivity index is 2.64. The van der Waals surface area contributed by atoms with E-state index in [0.29, 0.717) is 0 Å². The first kappa shape index (κ1) is 12.9. The van der Waals surface area contributed by atoms with Crippen molar-refractivity contribution in [1.82, 2.24) is 4.90 Å². The second-order valence-electron chi connectivity index (χ2n) is 3.71. The summed E-state index contributed by atoms with van der Waals surface area (Å²) in [7, 11) is 1.99. The first-order valence-corrected chi connectivity index (χ1v) is 5.98. The lowest BCUT2D eigenvalue weighted by Crippen LogP contribution is -2.24. The predicted molar refractivity (Wildman–Crippen MR) is 65.7 cm³/mol. The molecule has 1 unspecified atom stereocenters. The van der Waals surface area contributed by atoms with Crippen LogP contribution in [0.3, 0.4) is 0 Å². The van der Waals surface area contributed by atoms with Crippen molar-refractivity contribution in [3.8, 4) is 0 Å². The van der Waals surface area contributed by atoms with Crippen LogP contribution in [0.5, 0.6) is 0 Å². The summed E-state index contributed by atoms with van der Waals surface area (Å²) in [5.74, 6) is -0.223. The Hall–Kier alpha value is -0.120. The highest BCUT2D eigenvalue weighted by atomic mass is 79.9. The summed E-state index contributed by atoms with van der Waals surface area (Å²) < 4.78 is 13.6. The molecule has 4 heteroatoms. The molecule has 0 aliphatic rings. The lowest BCUT2D eigenvalue weighted by atomic mass is 10.2. The molecule has 1 nitrogen and oxygen atoms in total. The Labute approximate surface area is 103 Å². The molecule has 0 spiro atoms. The Morgan fingerprint density at radius 3 is 2.73 bits per heavy atom. The van der Waals surface area contributed by atoms with Gasteiger partial charge in [0.2, 0.25) is 0 Å². The summed E-state index contributed by atoms with van der Waals surface area (Å²) in [6.07, 6.45) is 0. The molecule has 0 N–H and O–H groups in total. The van der Waals surface area contributed by atoms with Gasteiger partial charge < -0.3 is 4.90 Å². The molecule has 0 saturated heterocycles. The summed E-state index contributed by atoms with van der Waals surface area (Å²) in [4.78, 5) is 2.11. The summed E-state index contributed by atoms with van der Waals surface area (Å²) in [5, 5.41) is 0.120. The van der Waals surface area contributed by atoms with Crippen LogP contribution < -0.4 is 0 Å². The number of benzene rings is 1. The van der Waals surface area contributed by atoms with Crippen LogP contribution in [-0.2, 0) is 6.54 Å². The Bertz CT molecular complexity index is 330. The molecular formula is C11H14BrClFN. The van der Waals surface area contributed by atoms with Crippen LogP contribution in [0.25, 0.3) is 0 Å². The Morgan fingerprint density at radius 1 is 1.53 bits per heavy atom. The maximum absolute atomic E-state index is 12.8. The van der Waals surface area contributed by atoms with Crippen LogP contribution in [0.1, 0.15) is 12.5 Å². The number of halogens is 3. The van der Waals surface area contributed by atoms with Gasteiger partial charge >= 0.3 is 0 Å². The van der Waals surface area contributed by atoms with Crippen LogP contribution in [0.2, 0.25) is 0 Å². The zero-order chi connectivity index (χ0) is 11.4. The first-order chi connectivity index (χ1) is 6.99. The van der Waals surface area contributed by atoms with Gasteiger partial charge in [0, 0.05) is 22.9 Å². The average Bonchev–Trinajstić information content (AvgIpc) is 2.08. The fourth-order valence-corrected chi connectivity index (χ4v) is 2.15. The van der Waals surface area contributed by atoms with Crippen molar-refractivity contribution in [3.63, 3.8) is 0 Å². The molecule has 1 rings (SSSR count). The number of hydrogen-bond acceptors (Lipinski definition) is 1. The molecule has 0 aliphatic carbocycles. The fourth-order valence-electron chi connectivity index (χ4n) is 1.43. The van der Waals surface area contributed by atoms with E-state index in [1.54, 1.807) is 6.07 Å². The quantitative estimate of drug-likeness (QED) is 0.766. The molecule has 15 heavy (non-hydrogen) atoms. The van der Waals surface area contributed by atoms with E-state index >= 15 is 0 Å². The van der Waals surface area contributed by atoms with Gasteiger partial charge in [-0.2, -0.15) is 0 Å². The first-order valence-electron chi connectivity index (χ1n) is 4.75. The zero-order valence-corrected chi connectivity index (χ0v) is 11.1. The van der Waals surface area contributed by atoms with E-state index in [1.165, 1.54) is 12.1 Å². The molecule has 0 radical (unpaired) electrons. The van der Waals surface area contributed by atoms with E-state index in [1.807, 2.05) is 14.0 Å². The highest BCUT2D eigenvalue weighted by Gasteiger charge is 2.07. The second kappa shape index (κ2) is 5.83. The van der Waals surface area contributed by atoms with Crippen molar-refractivity contribution in [2.24, 2.45) is 0 Å². The molecule has 0 heterocycles. The molecule has 0 saturated carbocycles. The summed E-state index contributed by atoms with van der Waals surface area (Å²) in [5.41, 5.74) is 1.07. The normalized spacial score (nSPS) is 13.2. The van der Waals surface area contributed by atoms with Gasteiger partial charge in [0.05, 0.1) is 0 Å². The zero-order valence-electron chi connectivity index (χ0n) is 8.80. The van der Waals surface area contributed by atoms with Crippen LogP contribution in [0.4, 0.5) is 4.39 Å². The Morgan fingerprint density at radius 2 is 2.20 bits per heavy atom. The number of nitrogens with zero attached hydrogens (tertiary/aromatic N) is 1. The molecule has 0 amide bonds. The SMILES string of the molecule is CC(Cl)CN(C)Cc1ccc(F)cc1Br. The van der Waals surface area contributed by atoms with Gasteiger partial charge in [-0.1, -0.05) is 22.0 Å². The highest BCUT2D eigenvalue weighted by Crippen LogP contribution is 2.19. The molecule has 0 fully saturated rings. The summed E-state index contributed by atoms with van der Waals surface area (Å²) in [6, 6.07) is 4.74. The van der Waals surface area contributed by atoms with E-state index in [2.05, 4.69) is 20.8 Å².